The lowest BCUT2D eigenvalue weighted by atomic mass is 10.1. The zero-order valence-electron chi connectivity index (χ0n) is 15.5. The molecule has 0 saturated heterocycles. The quantitative estimate of drug-likeness (QED) is 0.691. The molecule has 2 aromatic carbocycles. The number of hydrogen-bond acceptors (Lipinski definition) is 5. The highest BCUT2D eigenvalue weighted by atomic mass is 35.5. The molecule has 0 radical (unpaired) electrons. The number of amides is 1. The third-order valence-corrected chi connectivity index (χ3v) is 4.07. The van der Waals surface area contributed by atoms with Crippen molar-refractivity contribution in [1.29, 1.82) is 0 Å². The Morgan fingerprint density at radius 3 is 2.19 bits per heavy atom. The first kappa shape index (κ1) is 20.6. The monoisotopic (exact) mass is 391 g/mol. The lowest BCUT2D eigenvalue weighted by Gasteiger charge is -2.14. The van der Waals surface area contributed by atoms with Crippen LogP contribution in [0.25, 0.3) is 0 Å². The summed E-state index contributed by atoms with van der Waals surface area (Å²) in [5.74, 6) is 0.422. The Hall–Kier alpha value is -2.73. The molecule has 0 aliphatic carbocycles. The lowest BCUT2D eigenvalue weighted by Crippen LogP contribution is -2.30. The van der Waals surface area contributed by atoms with E-state index in [4.69, 9.17) is 25.8 Å². The third kappa shape index (κ3) is 6.49. The normalized spacial score (nSPS) is 11.4. The number of halogens is 1. The van der Waals surface area contributed by atoms with Gasteiger partial charge in [-0.05, 0) is 55.3 Å². The summed E-state index contributed by atoms with van der Waals surface area (Å²) in [5.41, 5.74) is 1.46. The van der Waals surface area contributed by atoms with Crippen molar-refractivity contribution in [2.75, 3.05) is 19.5 Å². The van der Waals surface area contributed by atoms with Gasteiger partial charge in [0.05, 0.1) is 14.2 Å². The predicted molar refractivity (Wildman–Crippen MR) is 104 cm³/mol. The van der Waals surface area contributed by atoms with E-state index in [2.05, 4.69) is 5.32 Å². The number of hydrogen-bond donors (Lipinski definition) is 1. The smallest absolute Gasteiger partial charge is 0.306 e. The van der Waals surface area contributed by atoms with E-state index in [9.17, 15) is 9.59 Å². The molecule has 1 atom stereocenters. The zero-order valence-corrected chi connectivity index (χ0v) is 16.2. The number of methoxy groups -OCH3 is 2. The molecule has 0 aliphatic heterocycles. The molecular formula is C20H22ClNO5. The Labute approximate surface area is 163 Å². The van der Waals surface area contributed by atoms with E-state index in [0.717, 1.165) is 5.56 Å². The van der Waals surface area contributed by atoms with Crippen molar-refractivity contribution in [2.45, 2.75) is 25.9 Å². The molecule has 2 aromatic rings. The largest absolute Gasteiger partial charge is 0.497 e. The number of nitrogens with one attached hydrogen (secondary N) is 1. The number of anilines is 1. The minimum absolute atomic E-state index is 0.134. The van der Waals surface area contributed by atoms with E-state index in [-0.39, 0.29) is 6.42 Å². The molecule has 0 spiro atoms. The second-order valence-electron chi connectivity index (χ2n) is 5.85. The lowest BCUT2D eigenvalue weighted by molar-refractivity contribution is -0.153. The number of ether oxygens (including phenoxy) is 3. The van der Waals surface area contributed by atoms with Gasteiger partial charge in [0.15, 0.2) is 6.10 Å². The van der Waals surface area contributed by atoms with E-state index in [1.54, 1.807) is 44.6 Å². The van der Waals surface area contributed by atoms with Crippen LogP contribution >= 0.6 is 11.6 Å². The molecule has 6 nitrogen and oxygen atoms in total. The Bertz CT molecular complexity index is 769. The molecule has 0 bridgehead atoms. The minimum atomic E-state index is -0.909. The summed E-state index contributed by atoms with van der Waals surface area (Å²) < 4.78 is 15.6. The average molecular weight is 392 g/mol. The van der Waals surface area contributed by atoms with Crippen molar-refractivity contribution in [2.24, 2.45) is 0 Å². The van der Waals surface area contributed by atoms with Gasteiger partial charge < -0.3 is 19.5 Å². The standard InChI is InChI=1S/C20H22ClNO5/c1-13(20(24)22-16-7-5-15(21)6-8-16)27-19(23)9-4-14-10-17(25-2)12-18(11-14)26-3/h5-8,10-13H,4,9H2,1-3H3,(H,22,24)/t13-/m0/s1. The zero-order chi connectivity index (χ0) is 19.8. The highest BCUT2D eigenvalue weighted by Crippen LogP contribution is 2.23. The summed E-state index contributed by atoms with van der Waals surface area (Å²) in [5, 5.41) is 3.24. The van der Waals surface area contributed by atoms with Crippen LogP contribution in [0.1, 0.15) is 18.9 Å². The molecule has 1 N–H and O–H groups in total. The first-order valence-corrected chi connectivity index (χ1v) is 8.77. The highest BCUT2D eigenvalue weighted by molar-refractivity contribution is 6.30. The summed E-state index contributed by atoms with van der Waals surface area (Å²) in [6, 6.07) is 12.1. The average Bonchev–Trinajstić information content (AvgIpc) is 2.67. The molecule has 0 aliphatic rings. The Balaban J connectivity index is 1.85. The van der Waals surface area contributed by atoms with Crippen LogP contribution in [0.4, 0.5) is 5.69 Å². The highest BCUT2D eigenvalue weighted by Gasteiger charge is 2.18. The molecule has 0 fully saturated rings. The summed E-state index contributed by atoms with van der Waals surface area (Å²) in [6.07, 6.45) is -0.333. The van der Waals surface area contributed by atoms with E-state index in [1.165, 1.54) is 6.92 Å². The van der Waals surface area contributed by atoms with Crippen molar-refractivity contribution in [1.82, 2.24) is 0 Å². The van der Waals surface area contributed by atoms with Gasteiger partial charge in [-0.2, -0.15) is 0 Å². The second-order valence-corrected chi connectivity index (χ2v) is 6.29. The number of rotatable bonds is 8. The number of carbonyl (C=O) groups excluding carboxylic acids is 2. The number of benzene rings is 2. The third-order valence-electron chi connectivity index (χ3n) is 3.82. The maximum atomic E-state index is 12.1. The van der Waals surface area contributed by atoms with Gasteiger partial charge in [-0.1, -0.05) is 11.6 Å². The first-order valence-electron chi connectivity index (χ1n) is 8.39. The van der Waals surface area contributed by atoms with Crippen LogP contribution in [0, 0.1) is 0 Å². The molecule has 2 rings (SSSR count). The Morgan fingerprint density at radius 2 is 1.63 bits per heavy atom. The van der Waals surface area contributed by atoms with E-state index < -0.39 is 18.0 Å². The van der Waals surface area contributed by atoms with Crippen molar-refractivity contribution < 1.29 is 23.8 Å². The van der Waals surface area contributed by atoms with Crippen LogP contribution in [0.15, 0.2) is 42.5 Å². The number of aryl methyl sites for hydroxylation is 1. The summed E-state index contributed by atoms with van der Waals surface area (Å²) in [6.45, 7) is 1.53. The van der Waals surface area contributed by atoms with Gasteiger partial charge in [0.2, 0.25) is 0 Å². The number of esters is 1. The fourth-order valence-electron chi connectivity index (χ4n) is 2.34. The van der Waals surface area contributed by atoms with Gasteiger partial charge in [0, 0.05) is 23.2 Å². The molecule has 144 valence electrons. The van der Waals surface area contributed by atoms with Crippen molar-refractivity contribution in [3.63, 3.8) is 0 Å². The van der Waals surface area contributed by atoms with Gasteiger partial charge in [-0.3, -0.25) is 9.59 Å². The second kappa shape index (κ2) is 9.83. The van der Waals surface area contributed by atoms with Gasteiger partial charge in [0.25, 0.3) is 5.91 Å². The van der Waals surface area contributed by atoms with Crippen LogP contribution in [0.5, 0.6) is 11.5 Å². The maximum absolute atomic E-state index is 12.1. The van der Waals surface area contributed by atoms with Crippen molar-refractivity contribution in [3.8, 4) is 11.5 Å². The maximum Gasteiger partial charge on any atom is 0.306 e. The summed E-state index contributed by atoms with van der Waals surface area (Å²) in [4.78, 5) is 24.2. The summed E-state index contributed by atoms with van der Waals surface area (Å²) >= 11 is 5.81. The molecule has 7 heteroatoms. The van der Waals surface area contributed by atoms with Gasteiger partial charge in [-0.15, -0.1) is 0 Å². The van der Waals surface area contributed by atoms with Crippen LogP contribution in [0.2, 0.25) is 5.02 Å². The summed E-state index contributed by atoms with van der Waals surface area (Å²) in [7, 11) is 3.13. The predicted octanol–water partition coefficient (Wildman–Crippen LogP) is 3.86. The minimum Gasteiger partial charge on any atom is -0.497 e. The van der Waals surface area contributed by atoms with Crippen LogP contribution in [-0.4, -0.2) is 32.2 Å². The fraction of sp³-hybridized carbons (Fsp3) is 0.300. The van der Waals surface area contributed by atoms with Crippen molar-refractivity contribution >= 4 is 29.2 Å². The molecule has 0 saturated carbocycles. The molecule has 27 heavy (non-hydrogen) atoms. The fourth-order valence-corrected chi connectivity index (χ4v) is 2.47. The molecular weight excluding hydrogens is 370 g/mol. The molecule has 0 aromatic heterocycles. The SMILES string of the molecule is COc1cc(CCC(=O)O[C@@H](C)C(=O)Nc2ccc(Cl)cc2)cc(OC)c1. The van der Waals surface area contributed by atoms with Crippen LogP contribution < -0.4 is 14.8 Å². The molecule has 0 unspecified atom stereocenters. The van der Waals surface area contributed by atoms with Crippen molar-refractivity contribution in [3.05, 3.63) is 53.1 Å². The number of carbonyl (C=O) groups is 2. The van der Waals surface area contributed by atoms with E-state index >= 15 is 0 Å². The topological polar surface area (TPSA) is 73.9 Å². The Kier molecular flexibility index (Phi) is 7.49. The van der Waals surface area contributed by atoms with Gasteiger partial charge >= 0.3 is 5.97 Å². The van der Waals surface area contributed by atoms with Crippen LogP contribution in [0.3, 0.4) is 0 Å². The van der Waals surface area contributed by atoms with Gasteiger partial charge in [0.1, 0.15) is 11.5 Å². The molecule has 0 heterocycles. The van der Waals surface area contributed by atoms with Crippen LogP contribution in [-0.2, 0) is 20.7 Å². The van der Waals surface area contributed by atoms with E-state index in [0.29, 0.717) is 28.6 Å². The first-order chi connectivity index (χ1) is 12.9. The van der Waals surface area contributed by atoms with E-state index in [1.807, 2.05) is 12.1 Å². The Morgan fingerprint density at radius 1 is 1.04 bits per heavy atom. The molecule has 1 amide bonds. The van der Waals surface area contributed by atoms with Gasteiger partial charge in [-0.25, -0.2) is 0 Å².